The first-order valence-corrected chi connectivity index (χ1v) is 6.58. The van der Waals surface area contributed by atoms with Gasteiger partial charge < -0.3 is 21.1 Å². The van der Waals surface area contributed by atoms with Gasteiger partial charge in [0.2, 0.25) is 0 Å². The van der Waals surface area contributed by atoms with Crippen LogP contribution in [0.25, 0.3) is 0 Å². The van der Waals surface area contributed by atoms with E-state index >= 15 is 0 Å². The Balaban J connectivity index is 2.12. The van der Waals surface area contributed by atoms with Gasteiger partial charge in [0.15, 0.2) is 0 Å². The van der Waals surface area contributed by atoms with Gasteiger partial charge in [0.05, 0.1) is 7.11 Å². The van der Waals surface area contributed by atoms with Gasteiger partial charge in [-0.1, -0.05) is 6.07 Å². The van der Waals surface area contributed by atoms with Gasteiger partial charge in [-0.15, -0.1) is 0 Å². The zero-order valence-electron chi connectivity index (χ0n) is 12.4. The lowest BCUT2D eigenvalue weighted by Crippen LogP contribution is -2.20. The van der Waals surface area contributed by atoms with Crippen LogP contribution in [-0.4, -0.2) is 13.1 Å². The molecule has 110 valence electrons. The Kier molecular flexibility index (Phi) is 4.33. The van der Waals surface area contributed by atoms with Gasteiger partial charge in [0.1, 0.15) is 5.75 Å². The molecule has 4 N–H and O–H groups in total. The maximum absolute atomic E-state index is 12.1. The zero-order valence-corrected chi connectivity index (χ0v) is 12.4. The first-order chi connectivity index (χ1) is 9.99. The van der Waals surface area contributed by atoms with Crippen molar-refractivity contribution >= 4 is 23.1 Å². The normalized spacial score (nSPS) is 10.0. The van der Waals surface area contributed by atoms with Gasteiger partial charge in [-0.3, -0.25) is 0 Å². The van der Waals surface area contributed by atoms with Crippen LogP contribution >= 0.6 is 0 Å². The molecule has 0 aliphatic carbocycles. The molecule has 0 saturated carbocycles. The number of methoxy groups -OCH3 is 1. The molecule has 5 nitrogen and oxygen atoms in total. The van der Waals surface area contributed by atoms with Crippen LogP contribution in [0.5, 0.6) is 5.75 Å². The Morgan fingerprint density at radius 2 is 1.76 bits per heavy atom. The fourth-order valence-corrected chi connectivity index (χ4v) is 2.17. The number of urea groups is 1. The van der Waals surface area contributed by atoms with Crippen molar-refractivity contribution in [2.24, 2.45) is 0 Å². The highest BCUT2D eigenvalue weighted by molar-refractivity contribution is 6.01. The third-order valence-corrected chi connectivity index (χ3v) is 3.12. The third kappa shape index (κ3) is 3.66. The predicted octanol–water partition coefficient (Wildman–Crippen LogP) is 3.54. The number of nitrogens with one attached hydrogen (secondary N) is 2. The fourth-order valence-electron chi connectivity index (χ4n) is 2.17. The van der Waals surface area contributed by atoms with Crippen molar-refractivity contribution in [2.45, 2.75) is 13.8 Å². The molecule has 0 heterocycles. The number of nitrogens with two attached hydrogens (primary N) is 1. The maximum atomic E-state index is 12.1. The molecule has 21 heavy (non-hydrogen) atoms. The standard InChI is InChI=1S/C16H19N3O2/c1-10-7-12(17)8-11(2)15(10)19-16(20)18-13-5-4-6-14(9-13)21-3/h4-9H,17H2,1-3H3,(H2,18,19,20). The van der Waals surface area contributed by atoms with Crippen molar-refractivity contribution in [1.29, 1.82) is 0 Å². The molecule has 2 aromatic rings. The second-order valence-corrected chi connectivity index (χ2v) is 4.84. The Morgan fingerprint density at radius 3 is 2.38 bits per heavy atom. The molecule has 0 aliphatic heterocycles. The lowest BCUT2D eigenvalue weighted by Gasteiger charge is -2.13. The summed E-state index contributed by atoms with van der Waals surface area (Å²) in [5.41, 5.74) is 9.74. The minimum Gasteiger partial charge on any atom is -0.497 e. The van der Waals surface area contributed by atoms with Gasteiger partial charge in [0, 0.05) is 23.1 Å². The van der Waals surface area contributed by atoms with Gasteiger partial charge in [0.25, 0.3) is 0 Å². The number of carbonyl (C=O) groups excluding carboxylic acids is 1. The Morgan fingerprint density at radius 1 is 1.10 bits per heavy atom. The number of anilines is 3. The van der Waals surface area contributed by atoms with Crippen LogP contribution in [0.3, 0.4) is 0 Å². The first-order valence-electron chi connectivity index (χ1n) is 6.58. The average Bonchev–Trinajstić information content (AvgIpc) is 2.43. The number of hydrogen-bond donors (Lipinski definition) is 3. The van der Waals surface area contributed by atoms with Crippen LogP contribution in [0.4, 0.5) is 21.9 Å². The van der Waals surface area contributed by atoms with Crippen molar-refractivity contribution in [3.63, 3.8) is 0 Å². The quantitative estimate of drug-likeness (QED) is 0.755. The Hall–Kier alpha value is -2.69. The number of carbonyl (C=O) groups is 1. The smallest absolute Gasteiger partial charge is 0.323 e. The van der Waals surface area contributed by atoms with Crippen LogP contribution < -0.4 is 21.1 Å². The maximum Gasteiger partial charge on any atom is 0.323 e. The van der Waals surface area contributed by atoms with Gasteiger partial charge in [-0.25, -0.2) is 4.79 Å². The largest absolute Gasteiger partial charge is 0.497 e. The van der Waals surface area contributed by atoms with E-state index in [0.29, 0.717) is 17.1 Å². The summed E-state index contributed by atoms with van der Waals surface area (Å²) in [6.45, 7) is 3.81. The highest BCUT2D eigenvalue weighted by Crippen LogP contribution is 2.24. The van der Waals surface area contributed by atoms with Gasteiger partial charge in [-0.2, -0.15) is 0 Å². The number of aryl methyl sites for hydroxylation is 2. The van der Waals surface area contributed by atoms with Crippen LogP contribution in [0, 0.1) is 13.8 Å². The second kappa shape index (κ2) is 6.17. The lowest BCUT2D eigenvalue weighted by molar-refractivity contribution is 0.262. The summed E-state index contributed by atoms with van der Waals surface area (Å²) in [6.07, 6.45) is 0. The molecule has 2 aromatic carbocycles. The number of ether oxygens (including phenoxy) is 1. The summed E-state index contributed by atoms with van der Waals surface area (Å²) in [7, 11) is 1.58. The van der Waals surface area contributed by atoms with E-state index in [1.807, 2.05) is 38.1 Å². The molecular weight excluding hydrogens is 266 g/mol. The predicted molar refractivity (Wildman–Crippen MR) is 86.0 cm³/mol. The second-order valence-electron chi connectivity index (χ2n) is 4.84. The fraction of sp³-hybridized carbons (Fsp3) is 0.188. The summed E-state index contributed by atoms with van der Waals surface area (Å²) in [4.78, 5) is 12.1. The summed E-state index contributed by atoms with van der Waals surface area (Å²) in [5, 5.41) is 5.62. The van der Waals surface area contributed by atoms with Gasteiger partial charge >= 0.3 is 6.03 Å². The number of hydrogen-bond acceptors (Lipinski definition) is 3. The zero-order chi connectivity index (χ0) is 15.4. The number of rotatable bonds is 3. The molecule has 0 aliphatic rings. The van der Waals surface area contributed by atoms with Gasteiger partial charge in [-0.05, 0) is 49.2 Å². The van der Waals surface area contributed by atoms with Crippen LogP contribution in [-0.2, 0) is 0 Å². The highest BCUT2D eigenvalue weighted by atomic mass is 16.5. The summed E-state index contributed by atoms with van der Waals surface area (Å²) >= 11 is 0. The molecule has 2 rings (SSSR count). The average molecular weight is 285 g/mol. The van der Waals surface area contributed by atoms with E-state index < -0.39 is 0 Å². The summed E-state index contributed by atoms with van der Waals surface area (Å²) < 4.78 is 5.12. The molecule has 0 atom stereocenters. The SMILES string of the molecule is COc1cccc(NC(=O)Nc2c(C)cc(N)cc2C)c1. The van der Waals surface area contributed by atoms with Crippen molar-refractivity contribution in [3.05, 3.63) is 47.5 Å². The minimum absolute atomic E-state index is 0.306. The van der Waals surface area contributed by atoms with E-state index in [1.54, 1.807) is 19.2 Å². The van der Waals surface area contributed by atoms with E-state index in [2.05, 4.69) is 10.6 Å². The molecule has 5 heteroatoms. The monoisotopic (exact) mass is 285 g/mol. The first kappa shape index (κ1) is 14.7. The number of benzene rings is 2. The molecule has 0 saturated heterocycles. The molecule has 0 radical (unpaired) electrons. The topological polar surface area (TPSA) is 76.4 Å². The van der Waals surface area contributed by atoms with E-state index in [-0.39, 0.29) is 6.03 Å². The third-order valence-electron chi connectivity index (χ3n) is 3.12. The van der Waals surface area contributed by atoms with E-state index in [0.717, 1.165) is 16.8 Å². The van der Waals surface area contributed by atoms with Crippen LogP contribution in [0.15, 0.2) is 36.4 Å². The molecule has 0 fully saturated rings. The Bertz CT molecular complexity index is 645. The van der Waals surface area contributed by atoms with Crippen LogP contribution in [0.1, 0.15) is 11.1 Å². The van der Waals surface area contributed by atoms with Crippen molar-refractivity contribution in [1.82, 2.24) is 0 Å². The summed E-state index contributed by atoms with van der Waals surface area (Å²) in [6, 6.07) is 10.5. The van der Waals surface area contributed by atoms with E-state index in [9.17, 15) is 4.79 Å². The molecule has 0 spiro atoms. The molecule has 0 unspecified atom stereocenters. The summed E-state index contributed by atoms with van der Waals surface area (Å²) in [5.74, 6) is 0.688. The van der Waals surface area contributed by atoms with Crippen molar-refractivity contribution in [2.75, 3.05) is 23.5 Å². The molecule has 0 aromatic heterocycles. The Labute approximate surface area is 124 Å². The van der Waals surface area contributed by atoms with E-state index in [1.165, 1.54) is 0 Å². The van der Waals surface area contributed by atoms with Crippen molar-refractivity contribution in [3.8, 4) is 5.75 Å². The molecular formula is C16H19N3O2. The van der Waals surface area contributed by atoms with Crippen molar-refractivity contribution < 1.29 is 9.53 Å². The molecule has 2 amide bonds. The molecule has 0 bridgehead atoms. The highest BCUT2D eigenvalue weighted by Gasteiger charge is 2.08. The number of nitrogen functional groups attached to an aromatic ring is 1. The van der Waals surface area contributed by atoms with Crippen LogP contribution in [0.2, 0.25) is 0 Å². The minimum atomic E-state index is -0.306. The number of amides is 2. The van der Waals surface area contributed by atoms with E-state index in [4.69, 9.17) is 10.5 Å². The lowest BCUT2D eigenvalue weighted by atomic mass is 10.1.